The van der Waals surface area contributed by atoms with E-state index in [0.29, 0.717) is 0 Å². The van der Waals surface area contributed by atoms with Gasteiger partial charge in [-0.25, -0.2) is 0 Å². The number of nitrogens with one attached hydrogen (secondary N) is 2. The van der Waals surface area contributed by atoms with Gasteiger partial charge in [-0.15, -0.1) is 24.0 Å². The van der Waals surface area contributed by atoms with Gasteiger partial charge in [0.05, 0.1) is 18.8 Å². The van der Waals surface area contributed by atoms with E-state index >= 15 is 0 Å². The Bertz CT molecular complexity index is 724. The van der Waals surface area contributed by atoms with Gasteiger partial charge in [-0.3, -0.25) is 4.99 Å². The van der Waals surface area contributed by atoms with Gasteiger partial charge in [0.2, 0.25) is 0 Å². The summed E-state index contributed by atoms with van der Waals surface area (Å²) >= 11 is 0. The molecule has 1 aromatic heterocycles. The van der Waals surface area contributed by atoms with E-state index in [-0.39, 0.29) is 30.0 Å². The molecule has 0 amide bonds. The number of hydrogen-bond donors (Lipinski definition) is 2. The summed E-state index contributed by atoms with van der Waals surface area (Å²) in [6.07, 6.45) is 0.837. The molecule has 0 aliphatic rings. The first-order valence-electron chi connectivity index (χ1n) is 8.49. The summed E-state index contributed by atoms with van der Waals surface area (Å²) in [4.78, 5) is 4.31. The summed E-state index contributed by atoms with van der Waals surface area (Å²) < 4.78 is 10.7. The van der Waals surface area contributed by atoms with Crippen LogP contribution in [-0.2, 0) is 6.42 Å². The van der Waals surface area contributed by atoms with Gasteiger partial charge in [-0.05, 0) is 40.2 Å². The van der Waals surface area contributed by atoms with E-state index in [9.17, 15) is 0 Å². The Morgan fingerprint density at radius 1 is 1.31 bits per heavy atom. The van der Waals surface area contributed by atoms with Gasteiger partial charge in [0.15, 0.2) is 5.96 Å². The number of hydrogen-bond acceptors (Lipinski definition) is 4. The maximum absolute atomic E-state index is 5.48. The van der Waals surface area contributed by atoms with Gasteiger partial charge in [-0.1, -0.05) is 22.9 Å². The lowest BCUT2D eigenvalue weighted by atomic mass is 10.0. The molecule has 0 spiro atoms. The summed E-state index contributed by atoms with van der Waals surface area (Å²) in [6, 6.07) is 6.25. The van der Waals surface area contributed by atoms with E-state index in [0.717, 1.165) is 47.3 Å². The molecular formula is C19H29IN4O2. The zero-order valence-corrected chi connectivity index (χ0v) is 18.7. The third-order valence-corrected chi connectivity index (χ3v) is 4.28. The molecule has 26 heavy (non-hydrogen) atoms. The second-order valence-electron chi connectivity index (χ2n) is 6.16. The molecule has 144 valence electrons. The summed E-state index contributed by atoms with van der Waals surface area (Å²) in [5.74, 6) is 2.50. The molecule has 0 saturated heterocycles. The number of aryl methyl sites for hydroxylation is 3. The minimum atomic E-state index is 0. The maximum Gasteiger partial charge on any atom is 0.191 e. The molecule has 1 unspecified atom stereocenters. The molecule has 0 radical (unpaired) electrons. The predicted molar refractivity (Wildman–Crippen MR) is 116 cm³/mol. The van der Waals surface area contributed by atoms with E-state index in [1.54, 1.807) is 14.2 Å². The Kier molecular flexibility index (Phi) is 8.91. The van der Waals surface area contributed by atoms with Crippen molar-refractivity contribution in [3.05, 3.63) is 46.3 Å². The van der Waals surface area contributed by atoms with Crippen molar-refractivity contribution in [2.75, 3.05) is 20.7 Å². The van der Waals surface area contributed by atoms with Gasteiger partial charge < -0.3 is 19.9 Å². The first-order chi connectivity index (χ1) is 12.0. The van der Waals surface area contributed by atoms with Gasteiger partial charge in [0, 0.05) is 24.7 Å². The van der Waals surface area contributed by atoms with Crippen LogP contribution in [0.5, 0.6) is 5.75 Å². The maximum atomic E-state index is 5.48. The van der Waals surface area contributed by atoms with Crippen molar-refractivity contribution in [2.24, 2.45) is 4.99 Å². The van der Waals surface area contributed by atoms with Crippen LogP contribution in [0.2, 0.25) is 0 Å². The van der Waals surface area contributed by atoms with Gasteiger partial charge in [-0.2, -0.15) is 0 Å². The SMILES string of the molecule is CN=C(NCCc1c(C)noc1C)NC(C)c1cc(C)ccc1OC.I. The fraction of sp³-hybridized carbons (Fsp3) is 0.474. The van der Waals surface area contributed by atoms with E-state index in [1.807, 2.05) is 26.0 Å². The highest BCUT2D eigenvalue weighted by Crippen LogP contribution is 2.25. The molecule has 2 N–H and O–H groups in total. The lowest BCUT2D eigenvalue weighted by molar-refractivity contribution is 0.392. The molecule has 0 fully saturated rings. The Morgan fingerprint density at radius 2 is 2.04 bits per heavy atom. The number of methoxy groups -OCH3 is 1. The van der Waals surface area contributed by atoms with Crippen LogP contribution in [0.4, 0.5) is 0 Å². The number of ether oxygens (including phenoxy) is 1. The lowest BCUT2D eigenvalue weighted by Gasteiger charge is -2.20. The van der Waals surface area contributed by atoms with Crippen LogP contribution in [0.1, 0.15) is 41.1 Å². The Hall–Kier alpha value is -1.77. The van der Waals surface area contributed by atoms with E-state index in [2.05, 4.69) is 40.7 Å². The Morgan fingerprint density at radius 3 is 2.62 bits per heavy atom. The van der Waals surface area contributed by atoms with Crippen molar-refractivity contribution >= 4 is 29.9 Å². The molecule has 0 bridgehead atoms. The summed E-state index contributed by atoms with van der Waals surface area (Å²) in [5, 5.41) is 10.7. The Balaban J connectivity index is 0.00000338. The number of aromatic nitrogens is 1. The third-order valence-electron chi connectivity index (χ3n) is 4.28. The number of nitrogens with zero attached hydrogens (tertiary/aromatic N) is 2. The van der Waals surface area contributed by atoms with Crippen molar-refractivity contribution in [3.63, 3.8) is 0 Å². The van der Waals surface area contributed by atoms with Crippen LogP contribution in [-0.4, -0.2) is 31.8 Å². The molecule has 6 nitrogen and oxygen atoms in total. The zero-order valence-electron chi connectivity index (χ0n) is 16.3. The summed E-state index contributed by atoms with van der Waals surface area (Å²) in [6.45, 7) is 8.82. The molecule has 2 rings (SSSR count). The van der Waals surface area contributed by atoms with E-state index in [4.69, 9.17) is 9.26 Å². The molecule has 0 aliphatic carbocycles. The number of aliphatic imine (C=N–C) groups is 1. The first kappa shape index (κ1) is 22.3. The molecule has 1 atom stereocenters. The van der Waals surface area contributed by atoms with Crippen molar-refractivity contribution in [1.82, 2.24) is 15.8 Å². The van der Waals surface area contributed by atoms with Crippen LogP contribution >= 0.6 is 24.0 Å². The summed E-state index contributed by atoms with van der Waals surface area (Å²) in [7, 11) is 3.46. The molecule has 2 aromatic rings. The standard InChI is InChI=1S/C19H28N4O2.HI/c1-12-7-8-18(24-6)17(11-12)13(2)22-19(20-5)21-10-9-16-14(3)23-25-15(16)4;/h7-8,11,13H,9-10H2,1-6H3,(H2,20,21,22);1H. The largest absolute Gasteiger partial charge is 0.496 e. The third kappa shape index (κ3) is 5.62. The molecule has 7 heteroatoms. The molecule has 1 heterocycles. The van der Waals surface area contributed by atoms with Crippen molar-refractivity contribution in [3.8, 4) is 5.75 Å². The number of rotatable bonds is 6. The van der Waals surface area contributed by atoms with Crippen LogP contribution in [0.25, 0.3) is 0 Å². The monoisotopic (exact) mass is 472 g/mol. The summed E-state index contributed by atoms with van der Waals surface area (Å²) in [5.41, 5.74) is 4.40. The minimum absolute atomic E-state index is 0. The first-order valence-corrected chi connectivity index (χ1v) is 8.49. The molecule has 0 saturated carbocycles. The number of benzene rings is 1. The van der Waals surface area contributed by atoms with Crippen molar-refractivity contribution < 1.29 is 9.26 Å². The fourth-order valence-corrected chi connectivity index (χ4v) is 2.83. The molecular weight excluding hydrogens is 443 g/mol. The normalized spacial score (nSPS) is 12.3. The quantitative estimate of drug-likeness (QED) is 0.381. The second-order valence-corrected chi connectivity index (χ2v) is 6.16. The highest BCUT2D eigenvalue weighted by Gasteiger charge is 2.14. The van der Waals surface area contributed by atoms with Crippen molar-refractivity contribution in [1.29, 1.82) is 0 Å². The smallest absolute Gasteiger partial charge is 0.191 e. The zero-order chi connectivity index (χ0) is 18.4. The highest BCUT2D eigenvalue weighted by atomic mass is 127. The van der Waals surface area contributed by atoms with E-state index in [1.165, 1.54) is 5.56 Å². The predicted octanol–water partition coefficient (Wildman–Crippen LogP) is 3.70. The van der Waals surface area contributed by atoms with Crippen molar-refractivity contribution in [2.45, 2.75) is 40.2 Å². The van der Waals surface area contributed by atoms with Gasteiger partial charge >= 0.3 is 0 Å². The van der Waals surface area contributed by atoms with Gasteiger partial charge in [0.25, 0.3) is 0 Å². The average Bonchev–Trinajstić information content (AvgIpc) is 2.92. The Labute approximate surface area is 172 Å². The topological polar surface area (TPSA) is 71.7 Å². The van der Waals surface area contributed by atoms with E-state index < -0.39 is 0 Å². The number of halogens is 1. The van der Waals surface area contributed by atoms with Crippen LogP contribution in [0.15, 0.2) is 27.7 Å². The van der Waals surface area contributed by atoms with Crippen LogP contribution in [0, 0.1) is 20.8 Å². The number of guanidine groups is 1. The second kappa shape index (κ2) is 10.4. The molecule has 1 aromatic carbocycles. The van der Waals surface area contributed by atoms with Crippen LogP contribution in [0.3, 0.4) is 0 Å². The van der Waals surface area contributed by atoms with Gasteiger partial charge in [0.1, 0.15) is 11.5 Å². The minimum Gasteiger partial charge on any atom is -0.496 e. The average molecular weight is 472 g/mol. The highest BCUT2D eigenvalue weighted by molar-refractivity contribution is 14.0. The molecule has 0 aliphatic heterocycles. The fourth-order valence-electron chi connectivity index (χ4n) is 2.83. The lowest BCUT2D eigenvalue weighted by Crippen LogP contribution is -2.39. The van der Waals surface area contributed by atoms with Crippen LogP contribution < -0.4 is 15.4 Å².